The van der Waals surface area contributed by atoms with E-state index in [1.54, 1.807) is 6.92 Å². The van der Waals surface area contributed by atoms with Crippen LogP contribution in [0.4, 0.5) is 0 Å². The second-order valence-electron chi connectivity index (χ2n) is 13.0. The lowest BCUT2D eigenvalue weighted by Gasteiger charge is -2.46. The van der Waals surface area contributed by atoms with Crippen molar-refractivity contribution in [1.82, 2.24) is 0 Å². The zero-order valence-electron chi connectivity index (χ0n) is 27.4. The zero-order chi connectivity index (χ0) is 37.8. The van der Waals surface area contributed by atoms with Crippen molar-refractivity contribution in [2.75, 3.05) is 19.8 Å². The Morgan fingerprint density at radius 1 is 0.635 bits per heavy atom. The molecule has 0 amide bonds. The van der Waals surface area contributed by atoms with Gasteiger partial charge < -0.3 is 84.6 Å². The monoisotopic (exact) mass is 740 g/mol. The number of carbonyl (C=O) groups excluding carboxylic acids is 2. The summed E-state index contributed by atoms with van der Waals surface area (Å²) in [6.45, 7) is -0.729. The Hall–Kier alpha value is -3.22. The number of ketones is 2. The molecule has 3 heterocycles. The summed E-state index contributed by atoms with van der Waals surface area (Å²) in [5, 5.41) is 114. The third kappa shape index (κ3) is 6.83. The van der Waals surface area contributed by atoms with Gasteiger partial charge >= 0.3 is 0 Å². The molecule has 6 rings (SSSR count). The van der Waals surface area contributed by atoms with Crippen molar-refractivity contribution >= 4 is 11.6 Å². The minimum absolute atomic E-state index is 0.0253. The van der Waals surface area contributed by atoms with E-state index in [2.05, 4.69) is 0 Å². The number of hydrogen-bond acceptors (Lipinski definition) is 19. The highest BCUT2D eigenvalue weighted by Gasteiger charge is 2.52. The van der Waals surface area contributed by atoms with E-state index in [0.29, 0.717) is 5.56 Å². The smallest absolute Gasteiger partial charge is 0.229 e. The first kappa shape index (κ1) is 38.5. The number of aliphatic hydroxyl groups is 10. The van der Waals surface area contributed by atoms with Gasteiger partial charge in [-0.25, -0.2) is 0 Å². The summed E-state index contributed by atoms with van der Waals surface area (Å²) in [6.07, 6.45) is -26.3. The van der Waals surface area contributed by atoms with Gasteiger partial charge in [-0.3, -0.25) is 9.59 Å². The molecule has 3 saturated heterocycles. The molecule has 0 bridgehead atoms. The Morgan fingerprint density at radius 3 is 1.90 bits per heavy atom. The highest BCUT2D eigenvalue weighted by atomic mass is 16.7. The van der Waals surface area contributed by atoms with Crippen molar-refractivity contribution < 1.29 is 94.2 Å². The topological polar surface area (TPSA) is 312 Å². The first-order valence-electron chi connectivity index (χ1n) is 16.3. The van der Waals surface area contributed by atoms with Crippen LogP contribution in [0.1, 0.15) is 37.4 Å². The van der Waals surface area contributed by atoms with Gasteiger partial charge in [-0.1, -0.05) is 12.1 Å². The van der Waals surface area contributed by atoms with Crippen LogP contribution in [0.2, 0.25) is 0 Å². The van der Waals surface area contributed by atoms with Gasteiger partial charge in [0, 0.05) is 11.1 Å². The van der Waals surface area contributed by atoms with Crippen molar-refractivity contribution in [3.8, 4) is 11.5 Å². The molecule has 2 aromatic carbocycles. The number of ether oxygens (including phenoxy) is 6. The van der Waals surface area contributed by atoms with Crippen LogP contribution in [-0.2, 0) is 23.7 Å². The first-order valence-corrected chi connectivity index (χ1v) is 16.3. The van der Waals surface area contributed by atoms with E-state index in [0.717, 1.165) is 0 Å². The van der Waals surface area contributed by atoms with Crippen LogP contribution >= 0.6 is 0 Å². The minimum atomic E-state index is -1.93. The first-order chi connectivity index (χ1) is 24.7. The predicted octanol–water partition coefficient (Wildman–Crippen LogP) is -4.70. The summed E-state index contributed by atoms with van der Waals surface area (Å²) in [5.41, 5.74) is -0.108. The van der Waals surface area contributed by atoms with Crippen LogP contribution in [-0.4, -0.2) is 180 Å². The number of rotatable bonds is 9. The van der Waals surface area contributed by atoms with Gasteiger partial charge in [0.15, 0.2) is 18.4 Å². The SMILES string of the molecule is Cc1cc(O[C@H]2O[C@@H](CO[C@@H]3O[C@H](CO)[C@@H](O)[C@H](O[C@@H]4O[C@H](CO)[C@@H](O)[C@H](O)[C@H]4O)[C@H]3O)[C@@H](O)[C@H](O)[C@H]2O)c2c(c1)C(=O)c1cccc(O)c1C2=O. The lowest BCUT2D eigenvalue weighted by molar-refractivity contribution is -0.364. The van der Waals surface area contributed by atoms with Crippen LogP contribution in [0.15, 0.2) is 30.3 Å². The van der Waals surface area contributed by atoms with Crippen LogP contribution in [0.5, 0.6) is 11.5 Å². The zero-order valence-corrected chi connectivity index (χ0v) is 27.4. The lowest BCUT2D eigenvalue weighted by atomic mass is 9.82. The van der Waals surface area contributed by atoms with Crippen molar-refractivity contribution in [3.05, 3.63) is 58.1 Å². The van der Waals surface area contributed by atoms with Crippen LogP contribution in [0.3, 0.4) is 0 Å². The summed E-state index contributed by atoms with van der Waals surface area (Å²) < 4.78 is 33.5. The molecule has 19 nitrogen and oxygen atoms in total. The number of fused-ring (bicyclic) bond motifs is 2. The summed E-state index contributed by atoms with van der Waals surface area (Å²) in [5.74, 6) is -2.02. The molecule has 0 unspecified atom stereocenters. The Bertz CT molecular complexity index is 1630. The molecule has 52 heavy (non-hydrogen) atoms. The standard InChI is InChI=1S/C33H40O19/c1-10-5-12-19(24(41)18-11(20(12)37)3-2-4-13(18)36)14(6-10)48-32-27(44)26(43)22(39)17(51-32)9-47-31-29(46)30(23(40)16(8-35)49-31)52-33-28(45)25(42)21(38)15(7-34)50-33/h2-6,15-17,21-23,25-36,38-40,42-46H,7-9H2,1H3/t15-,16-,17+,21-,22-,23-,25+,26+,27-,28-,29-,30+,31-,32+,33+/m1/s1. The average molecular weight is 741 g/mol. The number of phenolic OH excluding ortho intramolecular Hbond substituents is 1. The van der Waals surface area contributed by atoms with Crippen LogP contribution in [0, 0.1) is 6.92 Å². The molecule has 0 aromatic heterocycles. The molecule has 11 N–H and O–H groups in total. The maximum absolute atomic E-state index is 13.6. The highest BCUT2D eigenvalue weighted by molar-refractivity contribution is 6.30. The fourth-order valence-corrected chi connectivity index (χ4v) is 6.65. The molecule has 2 aromatic rings. The lowest BCUT2D eigenvalue weighted by Crippen LogP contribution is -2.65. The number of benzene rings is 2. The normalized spacial score (nSPS) is 39.2. The fraction of sp³-hybridized carbons (Fsp3) is 0.576. The van der Waals surface area contributed by atoms with Gasteiger partial charge in [-0.2, -0.15) is 0 Å². The maximum atomic E-state index is 13.6. The molecule has 0 radical (unpaired) electrons. The number of carbonyl (C=O) groups is 2. The largest absolute Gasteiger partial charge is 0.507 e. The highest BCUT2D eigenvalue weighted by Crippen LogP contribution is 2.39. The van der Waals surface area contributed by atoms with E-state index in [9.17, 15) is 65.8 Å². The molecular formula is C33H40O19. The molecule has 3 fully saturated rings. The third-order valence-electron chi connectivity index (χ3n) is 9.53. The Kier molecular flexibility index (Phi) is 11.3. The average Bonchev–Trinajstić information content (AvgIpc) is 3.12. The van der Waals surface area contributed by atoms with E-state index in [1.807, 2.05) is 0 Å². The van der Waals surface area contributed by atoms with Crippen molar-refractivity contribution in [3.63, 3.8) is 0 Å². The minimum Gasteiger partial charge on any atom is -0.507 e. The van der Waals surface area contributed by atoms with Gasteiger partial charge in [-0.05, 0) is 30.7 Å². The van der Waals surface area contributed by atoms with Crippen molar-refractivity contribution in [1.29, 1.82) is 0 Å². The van der Waals surface area contributed by atoms with E-state index in [1.165, 1.54) is 30.3 Å². The van der Waals surface area contributed by atoms with Crippen LogP contribution in [0.25, 0.3) is 0 Å². The number of hydrogen-bond donors (Lipinski definition) is 11. The number of aryl methyl sites for hydroxylation is 1. The van der Waals surface area contributed by atoms with E-state index < -0.39 is 129 Å². The van der Waals surface area contributed by atoms with Gasteiger partial charge in [0.05, 0.1) is 30.9 Å². The quantitative estimate of drug-likeness (QED) is 0.0982. The number of phenols is 1. The van der Waals surface area contributed by atoms with Gasteiger partial charge in [0.25, 0.3) is 0 Å². The van der Waals surface area contributed by atoms with Gasteiger partial charge in [-0.15, -0.1) is 0 Å². The fourth-order valence-electron chi connectivity index (χ4n) is 6.65. The molecule has 0 spiro atoms. The summed E-state index contributed by atoms with van der Waals surface area (Å²) >= 11 is 0. The number of aliphatic hydroxyl groups excluding tert-OH is 10. The Balaban J connectivity index is 1.19. The molecular weight excluding hydrogens is 700 g/mol. The molecule has 3 aliphatic heterocycles. The van der Waals surface area contributed by atoms with Gasteiger partial charge in [0.1, 0.15) is 84.7 Å². The van der Waals surface area contributed by atoms with E-state index in [-0.39, 0.29) is 28.0 Å². The molecule has 286 valence electrons. The second-order valence-corrected chi connectivity index (χ2v) is 13.0. The molecule has 15 atom stereocenters. The second kappa shape index (κ2) is 15.3. The third-order valence-corrected chi connectivity index (χ3v) is 9.53. The Labute approximate surface area is 294 Å². The molecule has 0 saturated carbocycles. The molecule has 1 aliphatic carbocycles. The van der Waals surface area contributed by atoms with Gasteiger partial charge in [0.2, 0.25) is 12.1 Å². The Morgan fingerprint density at radius 2 is 1.23 bits per heavy atom. The molecule has 4 aliphatic rings. The summed E-state index contributed by atoms with van der Waals surface area (Å²) in [4.78, 5) is 26.9. The predicted molar refractivity (Wildman–Crippen MR) is 166 cm³/mol. The number of aromatic hydroxyl groups is 1. The summed E-state index contributed by atoms with van der Waals surface area (Å²) in [6, 6.07) is 6.85. The van der Waals surface area contributed by atoms with Crippen molar-refractivity contribution in [2.24, 2.45) is 0 Å². The van der Waals surface area contributed by atoms with Crippen molar-refractivity contribution in [2.45, 2.75) is 99.0 Å². The maximum Gasteiger partial charge on any atom is 0.229 e. The summed E-state index contributed by atoms with van der Waals surface area (Å²) in [7, 11) is 0. The van der Waals surface area contributed by atoms with E-state index >= 15 is 0 Å². The van der Waals surface area contributed by atoms with E-state index in [4.69, 9.17) is 28.4 Å². The molecule has 19 heteroatoms. The van der Waals surface area contributed by atoms with Crippen LogP contribution < -0.4 is 4.74 Å².